The summed E-state index contributed by atoms with van der Waals surface area (Å²) in [6.45, 7) is 2.39. The highest BCUT2D eigenvalue weighted by Gasteiger charge is 2.37. The number of benzene rings is 1. The topological polar surface area (TPSA) is 3.24 Å². The summed E-state index contributed by atoms with van der Waals surface area (Å²) in [7, 11) is 0. The molecule has 0 radical (unpaired) electrons. The van der Waals surface area contributed by atoms with E-state index >= 15 is 0 Å². The Balaban J connectivity index is 1.76. The summed E-state index contributed by atoms with van der Waals surface area (Å²) in [6, 6.07) is 6.28. The molecule has 1 heterocycles. The van der Waals surface area contributed by atoms with Crippen LogP contribution in [0, 0.1) is 5.41 Å². The van der Waals surface area contributed by atoms with E-state index in [4.69, 9.17) is 11.6 Å². The van der Waals surface area contributed by atoms with Gasteiger partial charge in [-0.3, -0.25) is 0 Å². The number of hydrogen-bond donors (Lipinski definition) is 0. The zero-order chi connectivity index (χ0) is 13.3. The van der Waals surface area contributed by atoms with Crippen molar-refractivity contribution in [3.63, 3.8) is 0 Å². The fourth-order valence-electron chi connectivity index (χ4n) is 3.82. The quantitative estimate of drug-likeness (QED) is 0.651. The Hall–Kier alpha value is -0.210. The van der Waals surface area contributed by atoms with Gasteiger partial charge in [0.25, 0.3) is 0 Å². The van der Waals surface area contributed by atoms with Crippen molar-refractivity contribution >= 4 is 33.2 Å². The van der Waals surface area contributed by atoms with Gasteiger partial charge in [0, 0.05) is 34.7 Å². The largest absolute Gasteiger partial charge is 0.371 e. The number of alkyl halides is 1. The molecule has 0 aromatic heterocycles. The highest BCUT2D eigenvalue weighted by Crippen LogP contribution is 2.47. The molecule has 0 N–H and O–H groups in total. The first-order valence-corrected chi connectivity index (χ1v) is 8.82. The average Bonchev–Trinajstić information content (AvgIpc) is 2.88. The van der Waals surface area contributed by atoms with Crippen molar-refractivity contribution in [3.05, 3.63) is 28.8 Å². The highest BCUT2D eigenvalue weighted by atomic mass is 79.9. The molecule has 2 aliphatic rings. The molecule has 0 unspecified atom stereocenters. The first-order valence-electron chi connectivity index (χ1n) is 7.32. The third kappa shape index (κ3) is 2.67. The first kappa shape index (κ1) is 13.8. The zero-order valence-corrected chi connectivity index (χ0v) is 13.6. The minimum Gasteiger partial charge on any atom is -0.371 e. The van der Waals surface area contributed by atoms with Crippen LogP contribution >= 0.6 is 27.5 Å². The van der Waals surface area contributed by atoms with Crippen LogP contribution in [0.3, 0.4) is 0 Å². The predicted molar refractivity (Wildman–Crippen MR) is 86.4 cm³/mol. The van der Waals surface area contributed by atoms with Gasteiger partial charge in [0.05, 0.1) is 0 Å². The molecule has 3 heteroatoms. The Labute approximate surface area is 129 Å². The molecule has 104 valence electrons. The second-order valence-corrected chi connectivity index (χ2v) is 7.03. The molecule has 1 saturated carbocycles. The van der Waals surface area contributed by atoms with E-state index in [0.29, 0.717) is 5.41 Å². The number of anilines is 1. The van der Waals surface area contributed by atoms with Crippen molar-refractivity contribution in [2.75, 3.05) is 18.0 Å². The van der Waals surface area contributed by atoms with E-state index in [0.717, 1.165) is 10.4 Å². The predicted octanol–water partition coefficient (Wildman–Crippen LogP) is 5.40. The number of nitrogens with zero attached hydrogens (tertiary/aromatic N) is 1. The lowest BCUT2D eigenvalue weighted by atomic mass is 9.77. The van der Waals surface area contributed by atoms with Crippen molar-refractivity contribution in [1.82, 2.24) is 0 Å². The van der Waals surface area contributed by atoms with Crippen LogP contribution in [-0.2, 0) is 5.33 Å². The molecule has 19 heavy (non-hydrogen) atoms. The van der Waals surface area contributed by atoms with E-state index in [1.165, 1.54) is 62.9 Å². The van der Waals surface area contributed by atoms with Crippen molar-refractivity contribution in [1.29, 1.82) is 0 Å². The molecule has 2 fully saturated rings. The Bertz CT molecular complexity index is 444. The second-order valence-electron chi connectivity index (χ2n) is 6.07. The minimum absolute atomic E-state index is 0.684. The van der Waals surface area contributed by atoms with Crippen LogP contribution in [-0.4, -0.2) is 13.1 Å². The van der Waals surface area contributed by atoms with Crippen molar-refractivity contribution in [2.24, 2.45) is 5.41 Å². The Morgan fingerprint density at radius 2 is 1.79 bits per heavy atom. The van der Waals surface area contributed by atoms with Gasteiger partial charge in [-0.25, -0.2) is 0 Å². The van der Waals surface area contributed by atoms with E-state index < -0.39 is 0 Å². The second kappa shape index (κ2) is 5.65. The highest BCUT2D eigenvalue weighted by molar-refractivity contribution is 9.08. The summed E-state index contributed by atoms with van der Waals surface area (Å²) < 4.78 is 0. The molecule has 1 aliphatic heterocycles. The maximum atomic E-state index is 6.31. The van der Waals surface area contributed by atoms with Gasteiger partial charge in [0.2, 0.25) is 0 Å². The molecule has 1 nitrogen and oxygen atoms in total. The van der Waals surface area contributed by atoms with Gasteiger partial charge in [0.1, 0.15) is 0 Å². The van der Waals surface area contributed by atoms with Gasteiger partial charge in [-0.1, -0.05) is 46.4 Å². The summed E-state index contributed by atoms with van der Waals surface area (Å²) in [5.41, 5.74) is 3.26. The number of halogens is 2. The molecule has 1 aromatic rings. The van der Waals surface area contributed by atoms with Crippen molar-refractivity contribution in [3.8, 4) is 0 Å². The van der Waals surface area contributed by atoms with E-state index in [2.05, 4.69) is 33.0 Å². The van der Waals surface area contributed by atoms with Gasteiger partial charge in [-0.2, -0.15) is 0 Å². The SMILES string of the molecule is Clc1cccc(N2CCC3(CCCC3)CC2)c1CBr. The number of rotatable bonds is 2. The molecule has 3 rings (SSSR count). The molecular formula is C16H21BrClN. The Morgan fingerprint density at radius 1 is 1.11 bits per heavy atom. The Kier molecular flexibility index (Phi) is 4.09. The molecule has 1 aliphatic carbocycles. The summed E-state index contributed by atoms with van der Waals surface area (Å²) in [4.78, 5) is 2.53. The van der Waals surface area contributed by atoms with Crippen LogP contribution < -0.4 is 4.90 Å². The van der Waals surface area contributed by atoms with E-state index in [1.54, 1.807) is 0 Å². The summed E-state index contributed by atoms with van der Waals surface area (Å²) in [6.07, 6.45) is 8.54. The lowest BCUT2D eigenvalue weighted by molar-refractivity contribution is 0.226. The zero-order valence-electron chi connectivity index (χ0n) is 11.3. The van der Waals surface area contributed by atoms with Crippen LogP contribution in [0.5, 0.6) is 0 Å². The molecule has 1 aromatic carbocycles. The maximum Gasteiger partial charge on any atom is 0.0467 e. The third-order valence-corrected chi connectivity index (χ3v) is 5.97. The van der Waals surface area contributed by atoms with E-state index in [9.17, 15) is 0 Å². The van der Waals surface area contributed by atoms with Crippen molar-refractivity contribution in [2.45, 2.75) is 43.9 Å². The van der Waals surface area contributed by atoms with Crippen molar-refractivity contribution < 1.29 is 0 Å². The van der Waals surface area contributed by atoms with E-state index in [1.807, 2.05) is 6.07 Å². The fraction of sp³-hybridized carbons (Fsp3) is 0.625. The van der Waals surface area contributed by atoms with Crippen LogP contribution in [0.25, 0.3) is 0 Å². The standard InChI is InChI=1S/C16H21BrClN/c17-12-13-14(18)4-3-5-15(13)19-10-8-16(9-11-19)6-1-2-7-16/h3-5H,1-2,6-12H2. The molecule has 0 bridgehead atoms. The maximum absolute atomic E-state index is 6.31. The van der Waals surface area contributed by atoms with Crippen LogP contribution in [0.1, 0.15) is 44.1 Å². The van der Waals surface area contributed by atoms with Crippen LogP contribution in [0.15, 0.2) is 18.2 Å². The molecule has 1 spiro atoms. The van der Waals surface area contributed by atoms with Gasteiger partial charge in [-0.15, -0.1) is 0 Å². The van der Waals surface area contributed by atoms with Crippen LogP contribution in [0.4, 0.5) is 5.69 Å². The van der Waals surface area contributed by atoms with Gasteiger partial charge < -0.3 is 4.90 Å². The molecular weight excluding hydrogens is 322 g/mol. The van der Waals surface area contributed by atoms with E-state index in [-0.39, 0.29) is 0 Å². The Morgan fingerprint density at radius 3 is 2.42 bits per heavy atom. The third-order valence-electron chi connectivity index (χ3n) is 5.06. The monoisotopic (exact) mass is 341 g/mol. The lowest BCUT2D eigenvalue weighted by Crippen LogP contribution is -2.39. The number of piperidine rings is 1. The normalized spacial score (nSPS) is 22.1. The lowest BCUT2D eigenvalue weighted by Gasteiger charge is -2.41. The van der Waals surface area contributed by atoms with Crippen LogP contribution in [0.2, 0.25) is 5.02 Å². The summed E-state index contributed by atoms with van der Waals surface area (Å²) in [5.74, 6) is 0. The molecule has 0 amide bonds. The minimum atomic E-state index is 0.684. The summed E-state index contributed by atoms with van der Waals surface area (Å²) in [5, 5.41) is 1.72. The van der Waals surface area contributed by atoms with Gasteiger partial charge in [0.15, 0.2) is 0 Å². The average molecular weight is 343 g/mol. The summed E-state index contributed by atoms with van der Waals surface area (Å²) >= 11 is 9.89. The molecule has 0 atom stereocenters. The van der Waals surface area contributed by atoms with Gasteiger partial charge >= 0.3 is 0 Å². The van der Waals surface area contributed by atoms with Gasteiger partial charge in [-0.05, 0) is 43.2 Å². The smallest absolute Gasteiger partial charge is 0.0467 e. The first-order chi connectivity index (χ1) is 9.24. The fourth-order valence-corrected chi connectivity index (χ4v) is 4.81. The number of hydrogen-bond acceptors (Lipinski definition) is 1. The molecule has 1 saturated heterocycles.